The van der Waals surface area contributed by atoms with Crippen LogP contribution in [0.5, 0.6) is 0 Å². The van der Waals surface area contributed by atoms with Crippen LogP contribution in [0.1, 0.15) is 174 Å². The van der Waals surface area contributed by atoms with Crippen molar-refractivity contribution in [3.63, 3.8) is 0 Å². The molecule has 0 aliphatic rings. The minimum atomic E-state index is 1.08. The lowest BCUT2D eigenvalue weighted by Crippen LogP contribution is -1.85. The van der Waals surface area contributed by atoms with Gasteiger partial charge in [0.15, 0.2) is 0 Å². The van der Waals surface area contributed by atoms with Gasteiger partial charge in [-0.15, -0.1) is 0 Å². The predicted octanol–water partition coefficient (Wildman–Crippen LogP) is 12.6. The number of hydrogen-bond acceptors (Lipinski definition) is 1. The Balaban J connectivity index is 1.65. The summed E-state index contributed by atoms with van der Waals surface area (Å²) in [7, 11) is 0. The average Bonchev–Trinajstić information content (AvgIpc) is 2.89. The molecule has 0 bridgehead atoms. The molecule has 0 atom stereocenters. The smallest absolute Gasteiger partial charge is 0.0625 e. The summed E-state index contributed by atoms with van der Waals surface area (Å²) >= 11 is 0. The molecule has 1 rings (SSSR count). The molecule has 0 radical (unpaired) electrons. The van der Waals surface area contributed by atoms with E-state index in [-0.39, 0.29) is 0 Å². The van der Waals surface area contributed by atoms with Gasteiger partial charge in [0.2, 0.25) is 0 Å². The van der Waals surface area contributed by atoms with E-state index in [1.165, 1.54) is 161 Å². The molecule has 0 heterocycles. The molecule has 1 heteroatoms. The van der Waals surface area contributed by atoms with Crippen molar-refractivity contribution in [2.75, 3.05) is 0 Å². The van der Waals surface area contributed by atoms with E-state index in [1.807, 2.05) is 18.2 Å². The van der Waals surface area contributed by atoms with Crippen LogP contribution in [0, 0.1) is 0 Å². The van der Waals surface area contributed by atoms with E-state index >= 15 is 0 Å². The molecule has 0 fully saturated rings. The second kappa shape index (κ2) is 27.5. The van der Waals surface area contributed by atoms with Gasteiger partial charge in [0.05, 0.1) is 5.69 Å². The van der Waals surface area contributed by atoms with Gasteiger partial charge in [0, 0.05) is 6.21 Å². The highest BCUT2D eigenvalue weighted by atomic mass is 14.7. The van der Waals surface area contributed by atoms with Crippen molar-refractivity contribution in [3.05, 3.63) is 30.3 Å². The second-order valence-corrected chi connectivity index (χ2v) is 10.9. The van der Waals surface area contributed by atoms with E-state index in [0.717, 1.165) is 12.1 Å². The maximum Gasteiger partial charge on any atom is 0.0625 e. The van der Waals surface area contributed by atoms with Gasteiger partial charge in [0.1, 0.15) is 0 Å². The summed E-state index contributed by atoms with van der Waals surface area (Å²) in [4.78, 5) is 4.51. The number of unbranched alkanes of at least 4 members (excludes halogenated alkanes) is 25. The zero-order chi connectivity index (χ0) is 24.9. The van der Waals surface area contributed by atoms with Crippen molar-refractivity contribution in [3.8, 4) is 0 Å². The summed E-state index contributed by atoms with van der Waals surface area (Å²) in [6, 6.07) is 10.3. The van der Waals surface area contributed by atoms with E-state index in [2.05, 4.69) is 30.3 Å². The lowest BCUT2D eigenvalue weighted by Gasteiger charge is -2.04. The Morgan fingerprint density at radius 1 is 0.429 bits per heavy atom. The Hall–Kier alpha value is -1.11. The summed E-state index contributed by atoms with van der Waals surface area (Å²) in [5.41, 5.74) is 1.08. The topological polar surface area (TPSA) is 12.4 Å². The Bertz CT molecular complexity index is 535. The summed E-state index contributed by atoms with van der Waals surface area (Å²) in [6.45, 7) is 2.30. The van der Waals surface area contributed by atoms with Crippen LogP contribution in [0.15, 0.2) is 35.3 Å². The maximum absolute atomic E-state index is 4.51. The van der Waals surface area contributed by atoms with Crippen LogP contribution >= 0.6 is 0 Å². The first-order valence-electron chi connectivity index (χ1n) is 16.0. The van der Waals surface area contributed by atoms with Crippen LogP contribution in [0.4, 0.5) is 5.69 Å². The highest BCUT2D eigenvalue weighted by Gasteiger charge is 1.96. The van der Waals surface area contributed by atoms with E-state index in [1.54, 1.807) is 0 Å². The predicted molar refractivity (Wildman–Crippen MR) is 160 cm³/mol. The lowest BCUT2D eigenvalue weighted by atomic mass is 10.0. The first-order valence-corrected chi connectivity index (χ1v) is 16.0. The summed E-state index contributed by atoms with van der Waals surface area (Å²) in [6.07, 6.45) is 39.5. The summed E-state index contributed by atoms with van der Waals surface area (Å²) < 4.78 is 0. The van der Waals surface area contributed by atoms with Crippen molar-refractivity contribution in [1.82, 2.24) is 0 Å². The second-order valence-electron chi connectivity index (χ2n) is 10.9. The number of rotatable bonds is 27. The van der Waals surface area contributed by atoms with Crippen molar-refractivity contribution in [2.45, 2.75) is 174 Å². The monoisotopic (exact) mass is 483 g/mol. The normalized spacial score (nSPS) is 11.6. The third-order valence-electron chi connectivity index (χ3n) is 7.43. The Labute approximate surface area is 221 Å². The quantitative estimate of drug-likeness (QED) is 0.0871. The van der Waals surface area contributed by atoms with Gasteiger partial charge in [-0.3, -0.25) is 4.99 Å². The molecule has 0 N–H and O–H groups in total. The fourth-order valence-electron chi connectivity index (χ4n) is 5.06. The molecule has 1 aromatic carbocycles. The third-order valence-corrected chi connectivity index (χ3v) is 7.43. The van der Waals surface area contributed by atoms with E-state index in [9.17, 15) is 0 Å². The van der Waals surface area contributed by atoms with Crippen LogP contribution < -0.4 is 0 Å². The molecule has 0 aliphatic carbocycles. The molecule has 0 unspecified atom stereocenters. The SMILES string of the molecule is CCCCCCCCCCCCCCCCCCCCCCCCCCC/C=N\c1ccccc1. The van der Waals surface area contributed by atoms with Crippen LogP contribution in [0.2, 0.25) is 0 Å². The van der Waals surface area contributed by atoms with E-state index in [4.69, 9.17) is 0 Å². The first kappa shape index (κ1) is 31.9. The fraction of sp³-hybridized carbons (Fsp3) is 0.794. The van der Waals surface area contributed by atoms with Crippen LogP contribution in [-0.4, -0.2) is 6.21 Å². The Morgan fingerprint density at radius 2 is 0.743 bits per heavy atom. The molecule has 0 saturated heterocycles. The van der Waals surface area contributed by atoms with Gasteiger partial charge < -0.3 is 0 Å². The van der Waals surface area contributed by atoms with Crippen LogP contribution in [-0.2, 0) is 0 Å². The number of aliphatic imine (C=N–C) groups is 1. The number of para-hydroxylation sites is 1. The van der Waals surface area contributed by atoms with Gasteiger partial charge in [0.25, 0.3) is 0 Å². The van der Waals surface area contributed by atoms with E-state index in [0.29, 0.717) is 0 Å². The van der Waals surface area contributed by atoms with Gasteiger partial charge in [-0.05, 0) is 25.0 Å². The number of nitrogens with zero attached hydrogens (tertiary/aromatic N) is 1. The lowest BCUT2D eigenvalue weighted by molar-refractivity contribution is 0.516. The Morgan fingerprint density at radius 3 is 1.09 bits per heavy atom. The van der Waals surface area contributed by atoms with Gasteiger partial charge in [-0.2, -0.15) is 0 Å². The molecule has 0 saturated carbocycles. The maximum atomic E-state index is 4.51. The molecular formula is C34H61N. The summed E-state index contributed by atoms with van der Waals surface area (Å²) in [5.74, 6) is 0. The highest BCUT2D eigenvalue weighted by Crippen LogP contribution is 2.16. The average molecular weight is 484 g/mol. The largest absolute Gasteiger partial charge is 0.261 e. The molecule has 1 aromatic rings. The van der Waals surface area contributed by atoms with Crippen molar-refractivity contribution in [1.29, 1.82) is 0 Å². The molecule has 35 heavy (non-hydrogen) atoms. The first-order chi connectivity index (χ1) is 17.4. The Kier molecular flexibility index (Phi) is 25.1. The van der Waals surface area contributed by atoms with Gasteiger partial charge >= 0.3 is 0 Å². The fourth-order valence-corrected chi connectivity index (χ4v) is 5.06. The molecule has 1 nitrogen and oxygen atoms in total. The number of benzene rings is 1. The van der Waals surface area contributed by atoms with Crippen molar-refractivity contribution < 1.29 is 0 Å². The van der Waals surface area contributed by atoms with Crippen molar-refractivity contribution >= 4 is 11.9 Å². The minimum Gasteiger partial charge on any atom is -0.261 e. The highest BCUT2D eigenvalue weighted by molar-refractivity contribution is 5.62. The van der Waals surface area contributed by atoms with Crippen LogP contribution in [0.3, 0.4) is 0 Å². The molecule has 0 aromatic heterocycles. The zero-order valence-electron chi connectivity index (χ0n) is 23.8. The van der Waals surface area contributed by atoms with Crippen molar-refractivity contribution in [2.24, 2.45) is 4.99 Å². The van der Waals surface area contributed by atoms with Crippen LogP contribution in [0.25, 0.3) is 0 Å². The minimum absolute atomic E-state index is 1.08. The zero-order valence-corrected chi connectivity index (χ0v) is 23.8. The number of hydrogen-bond donors (Lipinski definition) is 0. The molecule has 0 spiro atoms. The van der Waals surface area contributed by atoms with Gasteiger partial charge in [-0.1, -0.05) is 179 Å². The summed E-state index contributed by atoms with van der Waals surface area (Å²) in [5, 5.41) is 0. The standard InChI is InChI=1S/C34H61N/c1-2-3-4-5-6-7-8-9-10-11-12-13-14-15-16-17-18-19-20-21-22-23-24-25-26-30-33-35-34-31-28-27-29-32-34/h27-29,31-33H,2-26,30H2,1H3/b35-33-. The molecule has 0 amide bonds. The van der Waals surface area contributed by atoms with E-state index < -0.39 is 0 Å². The third kappa shape index (κ3) is 24.4. The molecular weight excluding hydrogens is 422 g/mol. The molecule has 202 valence electrons. The van der Waals surface area contributed by atoms with Gasteiger partial charge in [-0.25, -0.2) is 0 Å². The molecule has 0 aliphatic heterocycles.